The largest absolute Gasteiger partial charge is 0.489 e. The highest BCUT2D eigenvalue weighted by atomic mass is 16.5. The van der Waals surface area contributed by atoms with Gasteiger partial charge in [0.1, 0.15) is 12.4 Å². The number of ether oxygens (including phenoxy) is 1. The number of hydrogen-bond acceptors (Lipinski definition) is 3. The summed E-state index contributed by atoms with van der Waals surface area (Å²) in [6.45, 7) is 2.48. The molecule has 94 valence electrons. The van der Waals surface area contributed by atoms with E-state index in [9.17, 15) is 0 Å². The van der Waals surface area contributed by atoms with Crippen LogP contribution in [0.25, 0.3) is 0 Å². The number of nitrogens with two attached hydrogens (primary N) is 1. The maximum absolute atomic E-state index is 9.06. The van der Waals surface area contributed by atoms with Crippen molar-refractivity contribution in [1.29, 1.82) is 0 Å². The topological polar surface area (TPSA) is 55.5 Å². The van der Waals surface area contributed by atoms with Crippen LogP contribution < -0.4 is 10.5 Å². The van der Waals surface area contributed by atoms with Gasteiger partial charge in [0.15, 0.2) is 0 Å². The Bertz CT molecular complexity index is 538. The zero-order valence-electron chi connectivity index (χ0n) is 10.4. The van der Waals surface area contributed by atoms with Crippen LogP contribution in [0.4, 0.5) is 5.69 Å². The first-order valence-corrected chi connectivity index (χ1v) is 5.87. The second kappa shape index (κ2) is 5.56. The molecule has 0 bridgehead atoms. The summed E-state index contributed by atoms with van der Waals surface area (Å²) < 4.78 is 5.70. The van der Waals surface area contributed by atoms with Gasteiger partial charge in [-0.25, -0.2) is 0 Å². The number of rotatable bonds is 4. The molecule has 3 N–H and O–H groups in total. The van der Waals surface area contributed by atoms with E-state index in [0.717, 1.165) is 28.1 Å². The minimum absolute atomic E-state index is 0.0223. The van der Waals surface area contributed by atoms with Crippen LogP contribution in [0.15, 0.2) is 42.5 Å². The van der Waals surface area contributed by atoms with Crippen molar-refractivity contribution in [1.82, 2.24) is 0 Å². The van der Waals surface area contributed by atoms with Gasteiger partial charge in [-0.3, -0.25) is 0 Å². The Kier molecular flexibility index (Phi) is 3.85. The Morgan fingerprint density at radius 2 is 1.94 bits per heavy atom. The van der Waals surface area contributed by atoms with Gasteiger partial charge in [-0.1, -0.05) is 24.3 Å². The summed E-state index contributed by atoms with van der Waals surface area (Å²) in [7, 11) is 0. The van der Waals surface area contributed by atoms with Crippen LogP contribution in [0.5, 0.6) is 5.75 Å². The Labute approximate surface area is 107 Å². The lowest BCUT2D eigenvalue weighted by Crippen LogP contribution is -2.00. The predicted octanol–water partition coefficient (Wildman–Crippen LogP) is 2.65. The molecule has 2 rings (SSSR count). The Morgan fingerprint density at radius 3 is 2.72 bits per heavy atom. The molecule has 0 aliphatic rings. The van der Waals surface area contributed by atoms with E-state index in [2.05, 4.69) is 0 Å². The van der Waals surface area contributed by atoms with Crippen LogP contribution in [0, 0.1) is 6.92 Å². The molecule has 3 nitrogen and oxygen atoms in total. The van der Waals surface area contributed by atoms with Gasteiger partial charge in [-0.05, 0) is 41.8 Å². The van der Waals surface area contributed by atoms with E-state index in [0.29, 0.717) is 6.61 Å². The fraction of sp³-hybridized carbons (Fsp3) is 0.200. The quantitative estimate of drug-likeness (QED) is 0.812. The third kappa shape index (κ3) is 2.81. The molecule has 2 aromatic rings. The Balaban J connectivity index is 2.09. The molecule has 0 spiro atoms. The van der Waals surface area contributed by atoms with Crippen LogP contribution in [-0.4, -0.2) is 5.11 Å². The Hall–Kier alpha value is -2.00. The molecule has 0 saturated heterocycles. The molecule has 3 heteroatoms. The number of nitrogen functional groups attached to an aromatic ring is 1. The monoisotopic (exact) mass is 243 g/mol. The SMILES string of the molecule is Cc1c(N)cccc1COc1cccc(CO)c1. The minimum Gasteiger partial charge on any atom is -0.489 e. The lowest BCUT2D eigenvalue weighted by molar-refractivity contribution is 0.278. The molecule has 0 heterocycles. The fourth-order valence-electron chi connectivity index (χ4n) is 1.75. The molecular formula is C15H17NO2. The molecule has 0 unspecified atom stereocenters. The molecule has 2 aromatic carbocycles. The molecule has 0 aromatic heterocycles. The number of anilines is 1. The van der Waals surface area contributed by atoms with E-state index >= 15 is 0 Å². The van der Waals surface area contributed by atoms with Crippen molar-refractivity contribution in [2.75, 3.05) is 5.73 Å². The lowest BCUT2D eigenvalue weighted by Gasteiger charge is -2.10. The molecule has 0 aliphatic carbocycles. The van der Waals surface area contributed by atoms with E-state index in [1.165, 1.54) is 0 Å². The molecule has 18 heavy (non-hydrogen) atoms. The van der Waals surface area contributed by atoms with Crippen molar-refractivity contribution in [3.05, 3.63) is 59.2 Å². The highest BCUT2D eigenvalue weighted by Crippen LogP contribution is 2.19. The smallest absolute Gasteiger partial charge is 0.120 e. The Morgan fingerprint density at radius 1 is 1.17 bits per heavy atom. The predicted molar refractivity (Wildman–Crippen MR) is 72.3 cm³/mol. The second-order valence-electron chi connectivity index (χ2n) is 4.23. The van der Waals surface area contributed by atoms with Crippen molar-refractivity contribution in [2.24, 2.45) is 0 Å². The number of hydrogen-bond donors (Lipinski definition) is 2. The van der Waals surface area contributed by atoms with Gasteiger partial charge in [0.25, 0.3) is 0 Å². The second-order valence-corrected chi connectivity index (χ2v) is 4.23. The van der Waals surface area contributed by atoms with Crippen LogP contribution in [0.1, 0.15) is 16.7 Å². The van der Waals surface area contributed by atoms with E-state index < -0.39 is 0 Å². The van der Waals surface area contributed by atoms with E-state index in [-0.39, 0.29) is 6.61 Å². The van der Waals surface area contributed by atoms with Crippen molar-refractivity contribution in [2.45, 2.75) is 20.1 Å². The van der Waals surface area contributed by atoms with Gasteiger partial charge in [0.2, 0.25) is 0 Å². The summed E-state index contributed by atoms with van der Waals surface area (Å²) in [5, 5.41) is 9.06. The molecular weight excluding hydrogens is 226 g/mol. The average molecular weight is 243 g/mol. The van der Waals surface area contributed by atoms with Crippen LogP contribution in [0.3, 0.4) is 0 Å². The van der Waals surface area contributed by atoms with Gasteiger partial charge in [0, 0.05) is 5.69 Å². The molecule has 0 amide bonds. The zero-order chi connectivity index (χ0) is 13.0. The summed E-state index contributed by atoms with van der Waals surface area (Å²) in [5.41, 5.74) is 9.59. The molecule has 0 radical (unpaired) electrons. The minimum atomic E-state index is 0.0223. The number of aliphatic hydroxyl groups is 1. The molecule has 0 saturated carbocycles. The van der Waals surface area contributed by atoms with Crippen molar-refractivity contribution in [3.8, 4) is 5.75 Å². The number of benzene rings is 2. The maximum Gasteiger partial charge on any atom is 0.120 e. The summed E-state index contributed by atoms with van der Waals surface area (Å²) in [6, 6.07) is 13.2. The van der Waals surface area contributed by atoms with Crippen molar-refractivity contribution < 1.29 is 9.84 Å². The first-order chi connectivity index (χ1) is 8.70. The first kappa shape index (κ1) is 12.5. The van der Waals surface area contributed by atoms with Gasteiger partial charge < -0.3 is 15.6 Å². The summed E-state index contributed by atoms with van der Waals surface area (Å²) in [5.74, 6) is 0.753. The highest BCUT2D eigenvalue weighted by Gasteiger charge is 2.02. The maximum atomic E-state index is 9.06. The zero-order valence-corrected chi connectivity index (χ0v) is 10.4. The van der Waals surface area contributed by atoms with Gasteiger partial charge >= 0.3 is 0 Å². The first-order valence-electron chi connectivity index (χ1n) is 5.87. The van der Waals surface area contributed by atoms with Crippen molar-refractivity contribution >= 4 is 5.69 Å². The van der Waals surface area contributed by atoms with Crippen molar-refractivity contribution in [3.63, 3.8) is 0 Å². The molecule has 0 aliphatic heterocycles. The fourth-order valence-corrected chi connectivity index (χ4v) is 1.75. The number of aliphatic hydroxyl groups excluding tert-OH is 1. The van der Waals surface area contributed by atoms with Gasteiger partial charge in [0.05, 0.1) is 6.61 Å². The van der Waals surface area contributed by atoms with Gasteiger partial charge in [-0.15, -0.1) is 0 Å². The normalized spacial score (nSPS) is 10.3. The highest BCUT2D eigenvalue weighted by molar-refractivity contribution is 5.49. The molecule has 0 atom stereocenters. The van der Waals surface area contributed by atoms with E-state index in [1.54, 1.807) is 0 Å². The summed E-state index contributed by atoms with van der Waals surface area (Å²) in [4.78, 5) is 0. The third-order valence-electron chi connectivity index (χ3n) is 2.96. The van der Waals surface area contributed by atoms with Gasteiger partial charge in [-0.2, -0.15) is 0 Å². The van der Waals surface area contributed by atoms with Crippen LogP contribution in [-0.2, 0) is 13.2 Å². The standard InChI is InChI=1S/C15H17NO2/c1-11-13(5-3-7-15(11)16)10-18-14-6-2-4-12(8-14)9-17/h2-8,17H,9-10,16H2,1H3. The third-order valence-corrected chi connectivity index (χ3v) is 2.96. The van der Waals surface area contributed by atoms with E-state index in [1.807, 2.05) is 49.4 Å². The van der Waals surface area contributed by atoms with E-state index in [4.69, 9.17) is 15.6 Å². The van der Waals surface area contributed by atoms with Crippen LogP contribution >= 0.6 is 0 Å². The van der Waals surface area contributed by atoms with Crippen LogP contribution in [0.2, 0.25) is 0 Å². The summed E-state index contributed by atoms with van der Waals surface area (Å²) in [6.07, 6.45) is 0. The average Bonchev–Trinajstić information content (AvgIpc) is 2.41. The lowest BCUT2D eigenvalue weighted by atomic mass is 10.1. The molecule has 0 fully saturated rings. The summed E-state index contributed by atoms with van der Waals surface area (Å²) >= 11 is 0.